The maximum absolute atomic E-state index is 12.1. The molecule has 0 saturated heterocycles. The van der Waals surface area contributed by atoms with Crippen LogP contribution in [0.15, 0.2) is 36.5 Å². The molecule has 0 aliphatic heterocycles. The molecule has 2 rings (SSSR count). The number of pyridine rings is 1. The zero-order valence-electron chi connectivity index (χ0n) is 12.4. The van der Waals surface area contributed by atoms with E-state index in [1.165, 1.54) is 12.3 Å². The fraction of sp³-hybridized carbons (Fsp3) is 0.133. The normalized spacial score (nSPS) is 10.1. The number of benzene rings is 1. The highest BCUT2D eigenvalue weighted by Crippen LogP contribution is 2.19. The van der Waals surface area contributed by atoms with Gasteiger partial charge in [0.15, 0.2) is 0 Å². The highest BCUT2D eigenvalue weighted by Gasteiger charge is 2.12. The number of halogens is 2. The average molecular weight is 353 g/mol. The molecule has 1 aromatic carbocycles. The quantitative estimate of drug-likeness (QED) is 0.657. The molecule has 6 nitrogen and oxygen atoms in total. The minimum atomic E-state index is -0.548. The first-order chi connectivity index (χ1) is 10.9. The van der Waals surface area contributed by atoms with E-state index in [-0.39, 0.29) is 15.7 Å². The van der Waals surface area contributed by atoms with Gasteiger partial charge in [-0.05, 0) is 24.3 Å². The van der Waals surface area contributed by atoms with Crippen LogP contribution in [0.3, 0.4) is 0 Å². The van der Waals surface area contributed by atoms with E-state index in [4.69, 9.17) is 23.2 Å². The summed E-state index contributed by atoms with van der Waals surface area (Å²) in [4.78, 5) is 29.7. The van der Waals surface area contributed by atoms with Crippen molar-refractivity contribution >= 4 is 40.7 Å². The van der Waals surface area contributed by atoms with E-state index in [1.807, 2.05) is 25.1 Å². The lowest BCUT2D eigenvalue weighted by Crippen LogP contribution is -2.41. The largest absolute Gasteiger partial charge is 0.378 e. The molecule has 23 heavy (non-hydrogen) atoms. The maximum atomic E-state index is 12.1. The van der Waals surface area contributed by atoms with Crippen LogP contribution in [-0.2, 0) is 0 Å². The van der Waals surface area contributed by atoms with Crippen LogP contribution in [0, 0.1) is 0 Å². The summed E-state index contributed by atoms with van der Waals surface area (Å²) in [6.07, 6.45) is 1.27. The third-order valence-corrected chi connectivity index (χ3v) is 3.66. The van der Waals surface area contributed by atoms with E-state index in [9.17, 15) is 9.59 Å². The lowest BCUT2D eigenvalue weighted by Gasteiger charge is -2.13. The van der Waals surface area contributed by atoms with Crippen LogP contribution in [0.4, 0.5) is 5.69 Å². The number of hydrogen-bond acceptors (Lipinski definition) is 4. The zero-order chi connectivity index (χ0) is 17.0. The maximum Gasteiger partial charge on any atom is 0.271 e. The number of nitrogens with one attached hydrogen (secondary N) is 2. The number of carbonyl (C=O) groups is 2. The van der Waals surface area contributed by atoms with E-state index in [0.29, 0.717) is 5.56 Å². The number of rotatable bonds is 3. The smallest absolute Gasteiger partial charge is 0.271 e. The van der Waals surface area contributed by atoms with E-state index in [0.717, 1.165) is 5.69 Å². The van der Waals surface area contributed by atoms with Crippen molar-refractivity contribution in [1.29, 1.82) is 0 Å². The first kappa shape index (κ1) is 17.1. The molecule has 120 valence electrons. The Hall–Kier alpha value is -2.31. The van der Waals surface area contributed by atoms with Crippen molar-refractivity contribution < 1.29 is 9.59 Å². The van der Waals surface area contributed by atoms with Crippen molar-refractivity contribution in [2.75, 3.05) is 19.0 Å². The summed E-state index contributed by atoms with van der Waals surface area (Å²) in [5.74, 6) is -0.983. The Bertz CT molecular complexity index is 750. The van der Waals surface area contributed by atoms with Gasteiger partial charge in [0.05, 0.1) is 10.6 Å². The van der Waals surface area contributed by atoms with Crippen molar-refractivity contribution in [3.63, 3.8) is 0 Å². The Morgan fingerprint density at radius 2 is 1.70 bits per heavy atom. The van der Waals surface area contributed by atoms with Gasteiger partial charge >= 0.3 is 0 Å². The van der Waals surface area contributed by atoms with Gasteiger partial charge in [-0.25, -0.2) is 4.98 Å². The SMILES string of the molecule is CN(C)c1cccc(C(=O)NNC(=O)c2cnc(Cl)c(Cl)c2)c1. The Morgan fingerprint density at radius 1 is 1.04 bits per heavy atom. The fourth-order valence-electron chi connectivity index (χ4n) is 1.73. The Labute approximate surface area is 143 Å². The van der Waals surface area contributed by atoms with Gasteiger partial charge in [-0.1, -0.05) is 29.3 Å². The standard InChI is InChI=1S/C15H14Cl2N4O2/c1-21(2)11-5-3-4-9(6-11)14(22)19-20-15(23)10-7-12(16)13(17)18-8-10/h3-8H,1-2H3,(H,19,22)(H,20,23). The molecule has 2 N–H and O–H groups in total. The van der Waals surface area contributed by atoms with Gasteiger partial charge in [0.25, 0.3) is 11.8 Å². The van der Waals surface area contributed by atoms with E-state index in [1.54, 1.807) is 18.2 Å². The second kappa shape index (κ2) is 7.30. The lowest BCUT2D eigenvalue weighted by atomic mass is 10.2. The third kappa shape index (κ3) is 4.34. The summed E-state index contributed by atoms with van der Waals surface area (Å²) in [6.45, 7) is 0. The van der Waals surface area contributed by atoms with Crippen molar-refractivity contribution in [2.45, 2.75) is 0 Å². The topological polar surface area (TPSA) is 74.3 Å². The highest BCUT2D eigenvalue weighted by molar-refractivity contribution is 6.41. The molecule has 0 unspecified atom stereocenters. The highest BCUT2D eigenvalue weighted by atomic mass is 35.5. The summed E-state index contributed by atoms with van der Waals surface area (Å²) in [7, 11) is 3.74. The Balaban J connectivity index is 2.02. The molecule has 2 amide bonds. The number of aromatic nitrogens is 1. The molecule has 0 radical (unpaired) electrons. The number of hydrogen-bond donors (Lipinski definition) is 2. The minimum absolute atomic E-state index is 0.104. The predicted molar refractivity (Wildman–Crippen MR) is 90.0 cm³/mol. The molecule has 1 heterocycles. The van der Waals surface area contributed by atoms with Crippen molar-refractivity contribution in [3.05, 3.63) is 57.8 Å². The summed E-state index contributed by atoms with van der Waals surface area (Å²) < 4.78 is 0. The molecule has 1 aromatic heterocycles. The van der Waals surface area contributed by atoms with Crippen molar-refractivity contribution in [1.82, 2.24) is 15.8 Å². The van der Waals surface area contributed by atoms with Crippen LogP contribution >= 0.6 is 23.2 Å². The lowest BCUT2D eigenvalue weighted by molar-refractivity contribution is 0.0846. The number of carbonyl (C=O) groups excluding carboxylic acids is 2. The summed E-state index contributed by atoms with van der Waals surface area (Å²) >= 11 is 11.5. The summed E-state index contributed by atoms with van der Waals surface area (Å²) in [6, 6.07) is 8.36. The molecular weight excluding hydrogens is 339 g/mol. The van der Waals surface area contributed by atoms with Gasteiger partial charge in [-0.3, -0.25) is 20.4 Å². The van der Waals surface area contributed by atoms with E-state index >= 15 is 0 Å². The van der Waals surface area contributed by atoms with Gasteiger partial charge in [0.1, 0.15) is 5.15 Å². The molecule has 0 spiro atoms. The fourth-order valence-corrected chi connectivity index (χ4v) is 2.00. The van der Waals surface area contributed by atoms with Crippen LogP contribution in [0.5, 0.6) is 0 Å². The van der Waals surface area contributed by atoms with Crippen LogP contribution in [0.1, 0.15) is 20.7 Å². The minimum Gasteiger partial charge on any atom is -0.378 e. The van der Waals surface area contributed by atoms with Gasteiger partial charge in [0, 0.05) is 31.5 Å². The first-order valence-electron chi connectivity index (χ1n) is 6.57. The molecule has 0 aliphatic rings. The molecule has 0 bridgehead atoms. The third-order valence-electron chi connectivity index (χ3n) is 2.97. The number of amides is 2. The predicted octanol–water partition coefficient (Wildman–Crippen LogP) is 2.53. The van der Waals surface area contributed by atoms with E-state index < -0.39 is 11.8 Å². The second-order valence-corrected chi connectivity index (χ2v) is 5.61. The van der Waals surface area contributed by atoms with Gasteiger partial charge in [-0.15, -0.1) is 0 Å². The second-order valence-electron chi connectivity index (χ2n) is 4.85. The van der Waals surface area contributed by atoms with Gasteiger partial charge in [-0.2, -0.15) is 0 Å². The number of hydrazine groups is 1. The zero-order valence-corrected chi connectivity index (χ0v) is 13.9. The first-order valence-corrected chi connectivity index (χ1v) is 7.33. The molecule has 0 atom stereocenters. The van der Waals surface area contributed by atoms with Crippen molar-refractivity contribution in [3.8, 4) is 0 Å². The van der Waals surface area contributed by atoms with Crippen molar-refractivity contribution in [2.24, 2.45) is 0 Å². The number of anilines is 1. The van der Waals surface area contributed by atoms with Crippen LogP contribution < -0.4 is 15.8 Å². The Morgan fingerprint density at radius 3 is 2.30 bits per heavy atom. The summed E-state index contributed by atoms with van der Waals surface area (Å²) in [5, 5.41) is 0.261. The van der Waals surface area contributed by atoms with Gasteiger partial charge in [0.2, 0.25) is 0 Å². The van der Waals surface area contributed by atoms with E-state index in [2.05, 4.69) is 15.8 Å². The molecule has 2 aromatic rings. The molecule has 0 aliphatic carbocycles. The molecular formula is C15H14Cl2N4O2. The summed E-state index contributed by atoms with van der Waals surface area (Å²) in [5.41, 5.74) is 6.11. The molecule has 8 heteroatoms. The van der Waals surface area contributed by atoms with Gasteiger partial charge < -0.3 is 4.90 Å². The van der Waals surface area contributed by atoms with Crippen LogP contribution in [-0.4, -0.2) is 30.9 Å². The average Bonchev–Trinajstić information content (AvgIpc) is 2.54. The van der Waals surface area contributed by atoms with Crippen LogP contribution in [0.2, 0.25) is 10.2 Å². The molecule has 0 fully saturated rings. The monoisotopic (exact) mass is 352 g/mol. The number of nitrogens with zero attached hydrogens (tertiary/aromatic N) is 2. The Kier molecular flexibility index (Phi) is 5.41. The molecule has 0 saturated carbocycles. The van der Waals surface area contributed by atoms with Crippen LogP contribution in [0.25, 0.3) is 0 Å².